The number of para-hydroxylation sites is 1. The van der Waals surface area contributed by atoms with E-state index in [1.54, 1.807) is 37.3 Å². The van der Waals surface area contributed by atoms with Crippen LogP contribution in [0, 0.1) is 12.7 Å². The molecule has 2 N–H and O–H groups in total. The summed E-state index contributed by atoms with van der Waals surface area (Å²) in [4.78, 5) is 12.1. The molecule has 0 saturated heterocycles. The average molecular weight is 229 g/mol. The molecule has 2 rings (SSSR count). The Labute approximate surface area is 98.9 Å². The lowest BCUT2D eigenvalue weighted by Crippen LogP contribution is -2.05. The van der Waals surface area contributed by atoms with Crippen LogP contribution >= 0.6 is 0 Å². The Kier molecular flexibility index (Phi) is 2.91. The van der Waals surface area contributed by atoms with Gasteiger partial charge in [-0.2, -0.15) is 0 Å². The number of hydrogen-bond donors (Lipinski definition) is 1. The topological polar surface area (TPSA) is 43.1 Å². The molecule has 0 aliphatic heterocycles. The van der Waals surface area contributed by atoms with Crippen molar-refractivity contribution < 1.29 is 9.18 Å². The molecule has 2 aromatic rings. The first-order valence-corrected chi connectivity index (χ1v) is 5.24. The van der Waals surface area contributed by atoms with Crippen molar-refractivity contribution in [3.8, 4) is 0 Å². The van der Waals surface area contributed by atoms with Crippen molar-refractivity contribution >= 4 is 11.5 Å². The van der Waals surface area contributed by atoms with Crippen LogP contribution in [0.4, 0.5) is 10.1 Å². The van der Waals surface area contributed by atoms with E-state index in [0.29, 0.717) is 22.4 Å². The lowest BCUT2D eigenvalue weighted by molar-refractivity contribution is 0.103. The average Bonchev–Trinajstić information content (AvgIpc) is 2.27. The summed E-state index contributed by atoms with van der Waals surface area (Å²) in [5.41, 5.74) is 7.55. The first-order chi connectivity index (χ1) is 8.08. The molecule has 0 fully saturated rings. The lowest BCUT2D eigenvalue weighted by atomic mass is 10.0. The third-order valence-corrected chi connectivity index (χ3v) is 2.51. The van der Waals surface area contributed by atoms with E-state index < -0.39 is 5.82 Å². The van der Waals surface area contributed by atoms with Gasteiger partial charge in [-0.1, -0.05) is 12.1 Å². The van der Waals surface area contributed by atoms with Crippen molar-refractivity contribution in [3.63, 3.8) is 0 Å². The van der Waals surface area contributed by atoms with Gasteiger partial charge in [-0.25, -0.2) is 4.39 Å². The highest BCUT2D eigenvalue weighted by atomic mass is 19.1. The van der Waals surface area contributed by atoms with Gasteiger partial charge in [0.1, 0.15) is 5.82 Å². The molecule has 17 heavy (non-hydrogen) atoms. The fourth-order valence-corrected chi connectivity index (χ4v) is 1.73. The molecule has 0 heterocycles. The Balaban J connectivity index is 2.48. The second kappa shape index (κ2) is 4.37. The number of rotatable bonds is 2. The van der Waals surface area contributed by atoms with Gasteiger partial charge in [0.2, 0.25) is 0 Å². The molecule has 3 heteroatoms. The quantitative estimate of drug-likeness (QED) is 0.635. The van der Waals surface area contributed by atoms with Crippen LogP contribution in [-0.4, -0.2) is 5.78 Å². The Morgan fingerprint density at radius 1 is 1.18 bits per heavy atom. The number of hydrogen-bond acceptors (Lipinski definition) is 2. The predicted octanol–water partition coefficient (Wildman–Crippen LogP) is 2.95. The Morgan fingerprint density at radius 3 is 2.53 bits per heavy atom. The van der Waals surface area contributed by atoms with Crippen molar-refractivity contribution in [2.75, 3.05) is 5.73 Å². The van der Waals surface area contributed by atoms with Crippen LogP contribution in [0.3, 0.4) is 0 Å². The van der Waals surface area contributed by atoms with Gasteiger partial charge in [-0.05, 0) is 42.8 Å². The Hall–Kier alpha value is -2.16. The molecule has 0 unspecified atom stereocenters. The maximum absolute atomic E-state index is 13.2. The zero-order chi connectivity index (χ0) is 12.4. The third kappa shape index (κ3) is 2.33. The summed E-state index contributed by atoms with van der Waals surface area (Å²) >= 11 is 0. The van der Waals surface area contributed by atoms with Crippen LogP contribution in [0.5, 0.6) is 0 Å². The maximum Gasteiger partial charge on any atom is 0.195 e. The first kappa shape index (κ1) is 11.3. The summed E-state index contributed by atoms with van der Waals surface area (Å²) in [6, 6.07) is 11.0. The number of ketones is 1. The van der Waals surface area contributed by atoms with E-state index in [2.05, 4.69) is 0 Å². The van der Waals surface area contributed by atoms with Crippen molar-refractivity contribution in [2.24, 2.45) is 0 Å². The molecule has 2 aromatic carbocycles. The van der Waals surface area contributed by atoms with Gasteiger partial charge in [0.15, 0.2) is 5.78 Å². The minimum absolute atomic E-state index is 0.259. The number of benzene rings is 2. The van der Waals surface area contributed by atoms with E-state index in [-0.39, 0.29) is 5.78 Å². The minimum atomic E-state index is -0.414. The smallest absolute Gasteiger partial charge is 0.195 e. The lowest BCUT2D eigenvalue weighted by Gasteiger charge is -2.05. The van der Waals surface area contributed by atoms with Crippen LogP contribution in [-0.2, 0) is 0 Å². The number of carbonyl (C=O) groups excluding carboxylic acids is 1. The van der Waals surface area contributed by atoms with Crippen LogP contribution in [0.25, 0.3) is 0 Å². The number of anilines is 1. The molecule has 2 nitrogen and oxygen atoms in total. The van der Waals surface area contributed by atoms with Gasteiger partial charge >= 0.3 is 0 Å². The number of carbonyl (C=O) groups is 1. The molecular weight excluding hydrogens is 217 g/mol. The van der Waals surface area contributed by atoms with E-state index >= 15 is 0 Å². The van der Waals surface area contributed by atoms with Crippen LogP contribution in [0.2, 0.25) is 0 Å². The molecule has 0 aliphatic rings. The molecule has 0 spiro atoms. The molecule has 0 atom stereocenters. The van der Waals surface area contributed by atoms with Crippen molar-refractivity contribution in [1.29, 1.82) is 0 Å². The second-order valence-corrected chi connectivity index (χ2v) is 3.93. The first-order valence-electron chi connectivity index (χ1n) is 5.24. The predicted molar refractivity (Wildman–Crippen MR) is 65.4 cm³/mol. The van der Waals surface area contributed by atoms with E-state index in [9.17, 15) is 9.18 Å². The fraction of sp³-hybridized carbons (Fsp3) is 0.0714. The van der Waals surface area contributed by atoms with E-state index in [1.807, 2.05) is 0 Å². The number of nitrogen functional groups attached to an aromatic ring is 1. The van der Waals surface area contributed by atoms with E-state index in [0.717, 1.165) is 0 Å². The summed E-state index contributed by atoms with van der Waals surface area (Å²) in [7, 11) is 0. The van der Waals surface area contributed by atoms with Crippen LogP contribution in [0.1, 0.15) is 21.5 Å². The van der Waals surface area contributed by atoms with Gasteiger partial charge in [0.25, 0.3) is 0 Å². The molecule has 0 amide bonds. The zero-order valence-electron chi connectivity index (χ0n) is 9.41. The molecule has 0 bridgehead atoms. The molecule has 0 aromatic heterocycles. The summed E-state index contributed by atoms with van der Waals surface area (Å²) < 4.78 is 13.2. The maximum atomic E-state index is 13.2. The van der Waals surface area contributed by atoms with Gasteiger partial charge in [-0.15, -0.1) is 0 Å². The standard InChI is InChI=1S/C14H12FNO/c1-9-6-10(8-11(15)7-9)14(17)12-4-2-3-5-13(12)16/h2-8H,16H2,1H3. The van der Waals surface area contributed by atoms with Crippen LogP contribution in [0.15, 0.2) is 42.5 Å². The Morgan fingerprint density at radius 2 is 1.88 bits per heavy atom. The van der Waals surface area contributed by atoms with Crippen molar-refractivity contribution in [2.45, 2.75) is 6.92 Å². The van der Waals surface area contributed by atoms with Crippen molar-refractivity contribution in [1.82, 2.24) is 0 Å². The molecular formula is C14H12FNO. The molecule has 86 valence electrons. The van der Waals surface area contributed by atoms with Gasteiger partial charge < -0.3 is 5.73 Å². The molecule has 0 aliphatic carbocycles. The molecule has 0 radical (unpaired) electrons. The highest BCUT2D eigenvalue weighted by Gasteiger charge is 2.12. The summed E-state index contributed by atoms with van der Waals surface area (Å²) in [6.07, 6.45) is 0. The van der Waals surface area contributed by atoms with Crippen molar-refractivity contribution in [3.05, 3.63) is 65.0 Å². The minimum Gasteiger partial charge on any atom is -0.398 e. The monoisotopic (exact) mass is 229 g/mol. The van der Waals surface area contributed by atoms with Gasteiger partial charge in [-0.3, -0.25) is 4.79 Å². The fourth-order valence-electron chi connectivity index (χ4n) is 1.73. The van der Waals surface area contributed by atoms with Gasteiger partial charge in [0.05, 0.1) is 0 Å². The summed E-state index contributed by atoms with van der Waals surface area (Å²) in [5, 5.41) is 0. The SMILES string of the molecule is Cc1cc(F)cc(C(=O)c2ccccc2N)c1. The second-order valence-electron chi connectivity index (χ2n) is 3.93. The Bertz CT molecular complexity index is 558. The highest BCUT2D eigenvalue weighted by Crippen LogP contribution is 2.18. The van der Waals surface area contributed by atoms with Gasteiger partial charge in [0, 0.05) is 16.8 Å². The normalized spacial score (nSPS) is 10.2. The third-order valence-electron chi connectivity index (χ3n) is 2.51. The highest BCUT2D eigenvalue weighted by molar-refractivity contribution is 6.12. The van der Waals surface area contributed by atoms with E-state index in [1.165, 1.54) is 12.1 Å². The van der Waals surface area contributed by atoms with Crippen LogP contribution < -0.4 is 5.73 Å². The number of aryl methyl sites for hydroxylation is 1. The zero-order valence-corrected chi connectivity index (χ0v) is 9.41. The van der Waals surface area contributed by atoms with E-state index in [4.69, 9.17) is 5.73 Å². The number of halogens is 1. The molecule has 0 saturated carbocycles. The largest absolute Gasteiger partial charge is 0.398 e. The number of nitrogens with two attached hydrogens (primary N) is 1. The summed E-state index contributed by atoms with van der Waals surface area (Å²) in [6.45, 7) is 1.74. The summed E-state index contributed by atoms with van der Waals surface area (Å²) in [5.74, 6) is -0.673.